The standard InChI is InChI=1S/C9H8N4O/c10-11-9(14)8-5-6-3-1-2-4-7(6)12-13-8/h1-5H,10H2,(H,11,14). The second-order valence-corrected chi connectivity index (χ2v) is 2.76. The molecule has 1 amide bonds. The lowest BCUT2D eigenvalue weighted by atomic mass is 10.2. The van der Waals surface area contributed by atoms with Gasteiger partial charge in [-0.25, -0.2) is 5.84 Å². The quantitative estimate of drug-likeness (QED) is 0.381. The van der Waals surface area contributed by atoms with E-state index in [2.05, 4.69) is 10.2 Å². The number of hydrogen-bond donors (Lipinski definition) is 2. The molecule has 0 unspecified atom stereocenters. The Kier molecular flexibility index (Phi) is 2.08. The Morgan fingerprint density at radius 1 is 1.29 bits per heavy atom. The van der Waals surface area contributed by atoms with Crippen LogP contribution < -0.4 is 11.3 Å². The van der Waals surface area contributed by atoms with Crippen molar-refractivity contribution in [3.8, 4) is 0 Å². The van der Waals surface area contributed by atoms with Crippen molar-refractivity contribution >= 4 is 16.8 Å². The summed E-state index contributed by atoms with van der Waals surface area (Å²) in [7, 11) is 0. The Hall–Kier alpha value is -2.01. The highest BCUT2D eigenvalue weighted by atomic mass is 16.2. The number of nitrogens with zero attached hydrogens (tertiary/aromatic N) is 2. The van der Waals surface area contributed by atoms with Gasteiger partial charge in [0.25, 0.3) is 5.91 Å². The average Bonchev–Trinajstić information content (AvgIpc) is 2.27. The minimum Gasteiger partial charge on any atom is -0.289 e. The molecule has 0 aliphatic carbocycles. The third-order valence-corrected chi connectivity index (χ3v) is 1.86. The maximum atomic E-state index is 11.1. The number of aromatic nitrogens is 2. The number of nitrogens with one attached hydrogen (secondary N) is 1. The number of hydrazine groups is 1. The fourth-order valence-electron chi connectivity index (χ4n) is 1.17. The lowest BCUT2D eigenvalue weighted by molar-refractivity contribution is 0.0948. The van der Waals surface area contributed by atoms with Crippen molar-refractivity contribution in [2.75, 3.05) is 0 Å². The Morgan fingerprint density at radius 3 is 2.86 bits per heavy atom. The predicted molar refractivity (Wildman–Crippen MR) is 51.2 cm³/mol. The summed E-state index contributed by atoms with van der Waals surface area (Å²) in [4.78, 5) is 11.1. The molecule has 1 aromatic carbocycles. The molecular formula is C9H8N4O. The summed E-state index contributed by atoms with van der Waals surface area (Å²) in [6.45, 7) is 0. The monoisotopic (exact) mass is 188 g/mol. The third-order valence-electron chi connectivity index (χ3n) is 1.86. The summed E-state index contributed by atoms with van der Waals surface area (Å²) in [5.41, 5.74) is 2.97. The van der Waals surface area contributed by atoms with Crippen LogP contribution in [0.1, 0.15) is 10.5 Å². The Bertz CT molecular complexity index is 483. The molecule has 0 radical (unpaired) electrons. The number of nitrogens with two attached hydrogens (primary N) is 1. The van der Waals surface area contributed by atoms with Gasteiger partial charge in [0.15, 0.2) is 5.69 Å². The molecule has 0 aliphatic rings. The van der Waals surface area contributed by atoms with Crippen LogP contribution >= 0.6 is 0 Å². The number of benzene rings is 1. The number of carbonyl (C=O) groups excluding carboxylic acids is 1. The molecule has 0 bridgehead atoms. The van der Waals surface area contributed by atoms with Crippen LogP contribution in [-0.2, 0) is 0 Å². The minimum absolute atomic E-state index is 0.214. The lowest BCUT2D eigenvalue weighted by Gasteiger charge is -1.99. The van der Waals surface area contributed by atoms with Crippen molar-refractivity contribution in [3.05, 3.63) is 36.0 Å². The van der Waals surface area contributed by atoms with Crippen molar-refractivity contribution in [1.29, 1.82) is 0 Å². The molecule has 0 spiro atoms. The van der Waals surface area contributed by atoms with Gasteiger partial charge < -0.3 is 0 Å². The second kappa shape index (κ2) is 3.39. The lowest BCUT2D eigenvalue weighted by Crippen LogP contribution is -2.30. The van der Waals surface area contributed by atoms with E-state index in [4.69, 9.17) is 5.84 Å². The average molecular weight is 188 g/mol. The molecule has 3 N–H and O–H groups in total. The van der Waals surface area contributed by atoms with E-state index in [-0.39, 0.29) is 5.69 Å². The summed E-state index contributed by atoms with van der Waals surface area (Å²) >= 11 is 0. The smallest absolute Gasteiger partial charge is 0.285 e. The fraction of sp³-hybridized carbons (Fsp3) is 0. The van der Waals surface area contributed by atoms with Gasteiger partial charge in [-0.3, -0.25) is 10.2 Å². The van der Waals surface area contributed by atoms with Crippen molar-refractivity contribution < 1.29 is 4.79 Å². The number of hydrogen-bond acceptors (Lipinski definition) is 4. The largest absolute Gasteiger partial charge is 0.289 e. The zero-order valence-corrected chi connectivity index (χ0v) is 7.27. The first-order chi connectivity index (χ1) is 6.81. The maximum Gasteiger partial charge on any atom is 0.285 e. The number of nitrogen functional groups attached to an aromatic ring is 1. The van der Waals surface area contributed by atoms with Crippen molar-refractivity contribution in [1.82, 2.24) is 15.6 Å². The summed E-state index contributed by atoms with van der Waals surface area (Å²) in [6, 6.07) is 9.06. The Morgan fingerprint density at radius 2 is 2.07 bits per heavy atom. The molecule has 2 rings (SSSR count). The summed E-state index contributed by atoms with van der Waals surface area (Å²) in [5, 5.41) is 8.48. The van der Waals surface area contributed by atoms with Gasteiger partial charge in [-0.2, -0.15) is 0 Å². The van der Waals surface area contributed by atoms with Crippen molar-refractivity contribution in [2.45, 2.75) is 0 Å². The zero-order valence-electron chi connectivity index (χ0n) is 7.27. The number of carbonyl (C=O) groups is 1. The Balaban J connectivity index is 2.56. The zero-order chi connectivity index (χ0) is 9.97. The van der Waals surface area contributed by atoms with E-state index in [1.54, 1.807) is 6.07 Å². The van der Waals surface area contributed by atoms with Gasteiger partial charge in [-0.05, 0) is 12.1 Å². The summed E-state index contributed by atoms with van der Waals surface area (Å²) in [5.74, 6) is 4.54. The summed E-state index contributed by atoms with van der Waals surface area (Å²) < 4.78 is 0. The molecule has 0 saturated heterocycles. The van der Waals surface area contributed by atoms with Crippen LogP contribution in [0.2, 0.25) is 0 Å². The molecule has 5 heteroatoms. The van der Waals surface area contributed by atoms with Crippen LogP contribution in [0.4, 0.5) is 0 Å². The first-order valence-electron chi connectivity index (χ1n) is 4.04. The molecule has 70 valence electrons. The van der Waals surface area contributed by atoms with E-state index >= 15 is 0 Å². The number of rotatable bonds is 1. The maximum absolute atomic E-state index is 11.1. The van der Waals surface area contributed by atoms with Crippen LogP contribution in [0.25, 0.3) is 10.9 Å². The predicted octanol–water partition coefficient (Wildman–Crippen LogP) is 0.233. The Labute approximate surface area is 79.9 Å². The van der Waals surface area contributed by atoms with Gasteiger partial charge >= 0.3 is 0 Å². The molecule has 1 heterocycles. The van der Waals surface area contributed by atoms with E-state index in [0.29, 0.717) is 0 Å². The van der Waals surface area contributed by atoms with Gasteiger partial charge in [0.1, 0.15) is 0 Å². The highest BCUT2D eigenvalue weighted by Crippen LogP contribution is 2.10. The van der Waals surface area contributed by atoms with E-state index in [0.717, 1.165) is 10.9 Å². The topological polar surface area (TPSA) is 80.9 Å². The van der Waals surface area contributed by atoms with Crippen LogP contribution in [-0.4, -0.2) is 16.1 Å². The molecule has 2 aromatic rings. The molecule has 0 aliphatic heterocycles. The second-order valence-electron chi connectivity index (χ2n) is 2.76. The molecule has 0 saturated carbocycles. The van der Waals surface area contributed by atoms with Crippen LogP contribution in [0.5, 0.6) is 0 Å². The van der Waals surface area contributed by atoms with E-state index in [1.807, 2.05) is 29.7 Å². The third kappa shape index (κ3) is 1.40. The SMILES string of the molecule is NNC(=O)c1cc2ccccc2nn1. The van der Waals surface area contributed by atoms with Crippen molar-refractivity contribution in [3.63, 3.8) is 0 Å². The fourth-order valence-corrected chi connectivity index (χ4v) is 1.17. The van der Waals surface area contributed by atoms with Gasteiger partial charge in [-0.1, -0.05) is 18.2 Å². The highest BCUT2D eigenvalue weighted by molar-refractivity contribution is 5.94. The molecule has 5 nitrogen and oxygen atoms in total. The van der Waals surface area contributed by atoms with Crippen LogP contribution in [0.15, 0.2) is 30.3 Å². The molecular weight excluding hydrogens is 180 g/mol. The van der Waals surface area contributed by atoms with Crippen molar-refractivity contribution in [2.24, 2.45) is 5.84 Å². The van der Waals surface area contributed by atoms with E-state index in [1.165, 1.54) is 0 Å². The van der Waals surface area contributed by atoms with Crippen LogP contribution in [0.3, 0.4) is 0 Å². The molecule has 14 heavy (non-hydrogen) atoms. The molecule has 0 fully saturated rings. The van der Waals surface area contributed by atoms with Gasteiger partial charge in [0.2, 0.25) is 0 Å². The van der Waals surface area contributed by atoms with Gasteiger partial charge in [-0.15, -0.1) is 10.2 Å². The summed E-state index contributed by atoms with van der Waals surface area (Å²) in [6.07, 6.45) is 0. The first-order valence-corrected chi connectivity index (χ1v) is 4.04. The van der Waals surface area contributed by atoms with Gasteiger partial charge in [0.05, 0.1) is 5.52 Å². The first kappa shape index (κ1) is 8.58. The van der Waals surface area contributed by atoms with Crippen LogP contribution in [0, 0.1) is 0 Å². The number of fused-ring (bicyclic) bond motifs is 1. The van der Waals surface area contributed by atoms with E-state index in [9.17, 15) is 4.79 Å². The van der Waals surface area contributed by atoms with E-state index < -0.39 is 5.91 Å². The molecule has 0 atom stereocenters. The number of amides is 1. The van der Waals surface area contributed by atoms with Gasteiger partial charge in [0, 0.05) is 5.39 Å². The molecule has 1 aromatic heterocycles. The highest BCUT2D eigenvalue weighted by Gasteiger charge is 2.06. The minimum atomic E-state index is -0.441. The normalized spacial score (nSPS) is 10.1.